The summed E-state index contributed by atoms with van der Waals surface area (Å²) >= 11 is 6.33. The van der Waals surface area contributed by atoms with Crippen LogP contribution >= 0.6 is 11.6 Å². The second kappa shape index (κ2) is 5.50. The molecular formula is C18H16ClN3. The number of rotatable bonds is 3. The SMILES string of the molecule is Clc1ccccc1-c1ccc2c(c1)N(Cc1c[nH]cn1)CC2. The standard InChI is InChI=1S/C18H16ClN3/c19-17-4-2-1-3-16(17)14-6-5-13-7-8-22(18(13)9-14)11-15-10-20-12-21-15/h1-6,9-10,12H,7-8,11H2,(H,20,21). The number of hydrogen-bond donors (Lipinski definition) is 1. The summed E-state index contributed by atoms with van der Waals surface area (Å²) in [4.78, 5) is 9.73. The molecule has 22 heavy (non-hydrogen) atoms. The average molecular weight is 310 g/mol. The topological polar surface area (TPSA) is 31.9 Å². The Bertz CT molecular complexity index is 796. The molecule has 1 aliphatic rings. The van der Waals surface area contributed by atoms with Gasteiger partial charge in [0.1, 0.15) is 0 Å². The highest BCUT2D eigenvalue weighted by Crippen LogP contribution is 2.35. The van der Waals surface area contributed by atoms with Crippen LogP contribution < -0.4 is 4.90 Å². The van der Waals surface area contributed by atoms with Crippen molar-refractivity contribution in [3.05, 3.63) is 71.3 Å². The predicted octanol–water partition coefficient (Wildman–Crippen LogP) is 4.29. The Morgan fingerprint density at radius 1 is 1.18 bits per heavy atom. The van der Waals surface area contributed by atoms with Gasteiger partial charge in [-0.15, -0.1) is 0 Å². The fourth-order valence-corrected chi connectivity index (χ4v) is 3.29. The Morgan fingerprint density at radius 2 is 2.09 bits per heavy atom. The molecule has 0 fully saturated rings. The molecule has 0 unspecified atom stereocenters. The maximum atomic E-state index is 6.33. The first-order valence-electron chi connectivity index (χ1n) is 7.42. The first kappa shape index (κ1) is 13.4. The van der Waals surface area contributed by atoms with Crippen LogP contribution in [0.5, 0.6) is 0 Å². The summed E-state index contributed by atoms with van der Waals surface area (Å²) in [7, 11) is 0. The van der Waals surface area contributed by atoms with Crippen molar-refractivity contribution in [2.24, 2.45) is 0 Å². The number of imidazole rings is 1. The molecular weight excluding hydrogens is 294 g/mol. The van der Waals surface area contributed by atoms with Crippen LogP contribution in [0.15, 0.2) is 55.0 Å². The maximum Gasteiger partial charge on any atom is 0.0923 e. The number of hydrogen-bond acceptors (Lipinski definition) is 2. The second-order valence-corrected chi connectivity index (χ2v) is 5.96. The van der Waals surface area contributed by atoms with E-state index in [0.29, 0.717) is 0 Å². The van der Waals surface area contributed by atoms with Gasteiger partial charge in [0.05, 0.1) is 18.6 Å². The Labute approximate surface area is 134 Å². The van der Waals surface area contributed by atoms with Gasteiger partial charge in [0.15, 0.2) is 0 Å². The molecule has 1 aliphatic heterocycles. The first-order chi connectivity index (χ1) is 10.8. The number of anilines is 1. The number of benzene rings is 2. The lowest BCUT2D eigenvalue weighted by Crippen LogP contribution is -2.19. The molecule has 0 amide bonds. The highest BCUT2D eigenvalue weighted by atomic mass is 35.5. The zero-order valence-corrected chi connectivity index (χ0v) is 12.8. The van der Waals surface area contributed by atoms with Crippen molar-refractivity contribution in [1.82, 2.24) is 9.97 Å². The van der Waals surface area contributed by atoms with Gasteiger partial charge in [0, 0.05) is 29.0 Å². The van der Waals surface area contributed by atoms with Gasteiger partial charge < -0.3 is 9.88 Å². The highest BCUT2D eigenvalue weighted by molar-refractivity contribution is 6.33. The molecule has 2 heterocycles. The molecule has 0 spiro atoms. The number of nitrogens with one attached hydrogen (secondary N) is 1. The Morgan fingerprint density at radius 3 is 2.91 bits per heavy atom. The molecule has 3 aromatic rings. The maximum absolute atomic E-state index is 6.33. The van der Waals surface area contributed by atoms with Crippen LogP contribution in [-0.4, -0.2) is 16.5 Å². The first-order valence-corrected chi connectivity index (χ1v) is 7.79. The van der Waals surface area contributed by atoms with Crippen molar-refractivity contribution in [2.75, 3.05) is 11.4 Å². The van der Waals surface area contributed by atoms with E-state index in [1.807, 2.05) is 24.4 Å². The number of H-pyrrole nitrogens is 1. The summed E-state index contributed by atoms with van der Waals surface area (Å²) in [5.74, 6) is 0. The van der Waals surface area contributed by atoms with Gasteiger partial charge in [-0.05, 0) is 29.7 Å². The molecule has 1 aromatic heterocycles. The molecule has 0 radical (unpaired) electrons. The normalized spacial score (nSPS) is 13.4. The molecule has 3 nitrogen and oxygen atoms in total. The molecule has 2 aromatic carbocycles. The van der Waals surface area contributed by atoms with Crippen molar-refractivity contribution < 1.29 is 0 Å². The highest BCUT2D eigenvalue weighted by Gasteiger charge is 2.20. The molecule has 0 aliphatic carbocycles. The Kier molecular flexibility index (Phi) is 3.35. The summed E-state index contributed by atoms with van der Waals surface area (Å²) in [6.07, 6.45) is 4.77. The molecule has 0 saturated heterocycles. The van der Waals surface area contributed by atoms with Gasteiger partial charge in [0.2, 0.25) is 0 Å². The van der Waals surface area contributed by atoms with E-state index in [2.05, 4.69) is 39.1 Å². The molecule has 0 atom stereocenters. The average Bonchev–Trinajstić information content (AvgIpc) is 3.18. The predicted molar refractivity (Wildman–Crippen MR) is 90.2 cm³/mol. The summed E-state index contributed by atoms with van der Waals surface area (Å²) in [6.45, 7) is 1.87. The van der Waals surface area contributed by atoms with Gasteiger partial charge in [-0.25, -0.2) is 4.98 Å². The van der Waals surface area contributed by atoms with E-state index in [-0.39, 0.29) is 0 Å². The van der Waals surface area contributed by atoms with Crippen molar-refractivity contribution in [2.45, 2.75) is 13.0 Å². The van der Waals surface area contributed by atoms with E-state index in [9.17, 15) is 0 Å². The van der Waals surface area contributed by atoms with Crippen LogP contribution in [0.25, 0.3) is 11.1 Å². The van der Waals surface area contributed by atoms with Crippen LogP contribution in [0, 0.1) is 0 Å². The fraction of sp³-hybridized carbons (Fsp3) is 0.167. The van der Waals surface area contributed by atoms with Crippen molar-refractivity contribution in [3.8, 4) is 11.1 Å². The molecule has 0 saturated carbocycles. The Balaban J connectivity index is 1.70. The molecule has 4 heteroatoms. The summed E-state index contributed by atoms with van der Waals surface area (Å²) in [5, 5.41) is 0.791. The smallest absolute Gasteiger partial charge is 0.0923 e. The summed E-state index contributed by atoms with van der Waals surface area (Å²) in [6, 6.07) is 14.6. The van der Waals surface area contributed by atoms with E-state index in [1.54, 1.807) is 6.33 Å². The van der Waals surface area contributed by atoms with Crippen molar-refractivity contribution in [1.29, 1.82) is 0 Å². The molecule has 4 rings (SSSR count). The van der Waals surface area contributed by atoms with Crippen LogP contribution in [0.2, 0.25) is 5.02 Å². The largest absolute Gasteiger partial charge is 0.365 e. The van der Waals surface area contributed by atoms with Gasteiger partial charge in [0.25, 0.3) is 0 Å². The van der Waals surface area contributed by atoms with E-state index in [0.717, 1.165) is 35.8 Å². The van der Waals surface area contributed by atoms with Gasteiger partial charge in [-0.3, -0.25) is 0 Å². The van der Waals surface area contributed by atoms with E-state index < -0.39 is 0 Å². The van der Waals surface area contributed by atoms with Gasteiger partial charge in [-0.1, -0.05) is 41.9 Å². The minimum absolute atomic E-state index is 0.791. The summed E-state index contributed by atoms with van der Waals surface area (Å²) in [5.41, 5.74) is 6.00. The third-order valence-corrected chi connectivity index (χ3v) is 4.50. The Hall–Kier alpha value is -2.26. The third kappa shape index (κ3) is 2.38. The molecule has 110 valence electrons. The lowest BCUT2D eigenvalue weighted by Gasteiger charge is -2.19. The molecule has 0 bridgehead atoms. The number of halogens is 1. The van der Waals surface area contributed by atoms with Crippen LogP contribution in [-0.2, 0) is 13.0 Å². The fourth-order valence-electron chi connectivity index (χ4n) is 3.05. The van der Waals surface area contributed by atoms with Gasteiger partial charge in [-0.2, -0.15) is 0 Å². The van der Waals surface area contributed by atoms with E-state index in [4.69, 9.17) is 11.6 Å². The number of aromatic nitrogens is 2. The van der Waals surface area contributed by atoms with Crippen molar-refractivity contribution >= 4 is 17.3 Å². The van der Waals surface area contributed by atoms with E-state index in [1.165, 1.54) is 16.8 Å². The minimum atomic E-state index is 0.791. The lowest BCUT2D eigenvalue weighted by molar-refractivity contribution is 0.819. The van der Waals surface area contributed by atoms with Crippen LogP contribution in [0.4, 0.5) is 5.69 Å². The second-order valence-electron chi connectivity index (χ2n) is 5.56. The molecule has 1 N–H and O–H groups in total. The van der Waals surface area contributed by atoms with E-state index >= 15 is 0 Å². The van der Waals surface area contributed by atoms with Crippen molar-refractivity contribution in [3.63, 3.8) is 0 Å². The van der Waals surface area contributed by atoms with Crippen LogP contribution in [0.3, 0.4) is 0 Å². The number of fused-ring (bicyclic) bond motifs is 1. The summed E-state index contributed by atoms with van der Waals surface area (Å²) < 4.78 is 0. The third-order valence-electron chi connectivity index (χ3n) is 4.17. The zero-order valence-electron chi connectivity index (χ0n) is 12.1. The lowest BCUT2D eigenvalue weighted by atomic mass is 10.0. The quantitative estimate of drug-likeness (QED) is 0.782. The monoisotopic (exact) mass is 309 g/mol. The number of aromatic amines is 1. The zero-order chi connectivity index (χ0) is 14.9. The number of nitrogens with zero attached hydrogens (tertiary/aromatic N) is 2. The van der Waals surface area contributed by atoms with Crippen LogP contribution in [0.1, 0.15) is 11.3 Å². The van der Waals surface area contributed by atoms with Gasteiger partial charge >= 0.3 is 0 Å². The minimum Gasteiger partial charge on any atom is -0.365 e.